The molecule has 5 heteroatoms. The second-order valence-corrected chi connectivity index (χ2v) is 4.36. The molecule has 4 unspecified atom stereocenters. The van der Waals surface area contributed by atoms with Crippen LogP contribution in [0.2, 0.25) is 0 Å². The quantitative estimate of drug-likeness (QED) is 0.736. The average molecular weight is 218 g/mol. The molecule has 0 bridgehead atoms. The number of methoxy groups -OCH3 is 1. The summed E-state index contributed by atoms with van der Waals surface area (Å²) in [5, 5.41) is 8.92. The summed E-state index contributed by atoms with van der Waals surface area (Å²) >= 11 is 0. The predicted octanol–water partition coefficient (Wildman–Crippen LogP) is 0.260. The second kappa shape index (κ2) is 3.99. The summed E-state index contributed by atoms with van der Waals surface area (Å²) in [6, 6.07) is 0. The van der Waals surface area contributed by atoms with E-state index in [1.54, 1.807) is 7.11 Å². The first-order chi connectivity index (χ1) is 7.07. The third-order valence-electron chi connectivity index (χ3n) is 2.75. The Morgan fingerprint density at radius 1 is 1.27 bits per heavy atom. The van der Waals surface area contributed by atoms with Crippen molar-refractivity contribution in [2.24, 2.45) is 0 Å². The van der Waals surface area contributed by atoms with E-state index in [9.17, 15) is 0 Å². The van der Waals surface area contributed by atoms with Crippen LogP contribution in [0.5, 0.6) is 0 Å². The standard InChI is InChI=1S/C10H18O5/c1-10(2)14-7-6(4-5-11)13-9(12-3)8(7)15-10/h6-9,11H,4-5H2,1-3H3. The van der Waals surface area contributed by atoms with E-state index in [0.29, 0.717) is 6.42 Å². The van der Waals surface area contributed by atoms with Gasteiger partial charge in [0.15, 0.2) is 12.1 Å². The molecule has 88 valence electrons. The Bertz CT molecular complexity index is 230. The smallest absolute Gasteiger partial charge is 0.186 e. The molecule has 0 saturated carbocycles. The van der Waals surface area contributed by atoms with Gasteiger partial charge in [0.2, 0.25) is 0 Å². The zero-order valence-electron chi connectivity index (χ0n) is 9.30. The van der Waals surface area contributed by atoms with Crippen molar-refractivity contribution in [1.29, 1.82) is 0 Å². The largest absolute Gasteiger partial charge is 0.396 e. The minimum absolute atomic E-state index is 0.0775. The van der Waals surface area contributed by atoms with Gasteiger partial charge in [-0.15, -0.1) is 0 Å². The van der Waals surface area contributed by atoms with Gasteiger partial charge in [-0.05, 0) is 20.3 Å². The van der Waals surface area contributed by atoms with Gasteiger partial charge in [0.25, 0.3) is 0 Å². The topological polar surface area (TPSA) is 57.2 Å². The normalized spacial score (nSPS) is 43.2. The summed E-state index contributed by atoms with van der Waals surface area (Å²) in [5.74, 6) is -0.594. The molecule has 0 aromatic rings. The molecule has 15 heavy (non-hydrogen) atoms. The number of aliphatic hydroxyl groups excluding tert-OH is 1. The first-order valence-corrected chi connectivity index (χ1v) is 5.22. The second-order valence-electron chi connectivity index (χ2n) is 4.36. The van der Waals surface area contributed by atoms with E-state index in [2.05, 4.69) is 0 Å². The molecular weight excluding hydrogens is 200 g/mol. The number of fused-ring (bicyclic) bond motifs is 1. The van der Waals surface area contributed by atoms with Crippen LogP contribution >= 0.6 is 0 Å². The highest BCUT2D eigenvalue weighted by Crippen LogP contribution is 2.39. The van der Waals surface area contributed by atoms with Crippen LogP contribution in [-0.4, -0.2) is 49.2 Å². The number of ether oxygens (including phenoxy) is 4. The SMILES string of the molecule is COC1OC(CCO)C2OC(C)(C)OC12. The minimum Gasteiger partial charge on any atom is -0.396 e. The summed E-state index contributed by atoms with van der Waals surface area (Å²) in [7, 11) is 1.58. The maximum Gasteiger partial charge on any atom is 0.186 e. The van der Waals surface area contributed by atoms with Gasteiger partial charge in [-0.1, -0.05) is 0 Å². The van der Waals surface area contributed by atoms with Crippen LogP contribution in [0.3, 0.4) is 0 Å². The molecule has 5 nitrogen and oxygen atoms in total. The highest BCUT2D eigenvalue weighted by atomic mass is 16.8. The number of hydrogen-bond acceptors (Lipinski definition) is 5. The van der Waals surface area contributed by atoms with Crippen molar-refractivity contribution in [2.75, 3.05) is 13.7 Å². The number of hydrogen-bond donors (Lipinski definition) is 1. The van der Waals surface area contributed by atoms with Crippen molar-refractivity contribution in [1.82, 2.24) is 0 Å². The fourth-order valence-corrected chi connectivity index (χ4v) is 2.19. The van der Waals surface area contributed by atoms with Crippen LogP contribution in [0.15, 0.2) is 0 Å². The molecule has 4 atom stereocenters. The van der Waals surface area contributed by atoms with E-state index in [-0.39, 0.29) is 24.9 Å². The Morgan fingerprint density at radius 2 is 1.93 bits per heavy atom. The van der Waals surface area contributed by atoms with Crippen LogP contribution in [0.4, 0.5) is 0 Å². The molecule has 2 saturated heterocycles. The molecule has 0 amide bonds. The van der Waals surface area contributed by atoms with Gasteiger partial charge < -0.3 is 24.1 Å². The van der Waals surface area contributed by atoms with Crippen molar-refractivity contribution in [3.63, 3.8) is 0 Å². The van der Waals surface area contributed by atoms with Gasteiger partial charge in [-0.25, -0.2) is 0 Å². The van der Waals surface area contributed by atoms with E-state index in [0.717, 1.165) is 0 Å². The van der Waals surface area contributed by atoms with E-state index in [4.69, 9.17) is 24.1 Å². The van der Waals surface area contributed by atoms with Gasteiger partial charge in [0, 0.05) is 13.7 Å². The molecule has 1 N–H and O–H groups in total. The monoisotopic (exact) mass is 218 g/mol. The summed E-state index contributed by atoms with van der Waals surface area (Å²) in [6.07, 6.45) is -0.334. The van der Waals surface area contributed by atoms with Crippen LogP contribution < -0.4 is 0 Å². The van der Waals surface area contributed by atoms with Gasteiger partial charge in [-0.3, -0.25) is 0 Å². The molecule has 0 aliphatic carbocycles. The Labute approximate surface area is 89.3 Å². The summed E-state index contributed by atoms with van der Waals surface area (Å²) in [4.78, 5) is 0. The van der Waals surface area contributed by atoms with Crippen LogP contribution in [-0.2, 0) is 18.9 Å². The highest BCUT2D eigenvalue weighted by molar-refractivity contribution is 4.94. The maximum atomic E-state index is 8.92. The van der Waals surface area contributed by atoms with E-state index >= 15 is 0 Å². The molecular formula is C10H18O5. The van der Waals surface area contributed by atoms with Crippen molar-refractivity contribution in [2.45, 2.75) is 50.7 Å². The van der Waals surface area contributed by atoms with Gasteiger partial charge in [0.1, 0.15) is 12.2 Å². The lowest BCUT2D eigenvalue weighted by atomic mass is 10.1. The Kier molecular flexibility index (Phi) is 3.00. The summed E-state index contributed by atoms with van der Waals surface area (Å²) in [6.45, 7) is 3.82. The fourth-order valence-electron chi connectivity index (χ4n) is 2.19. The van der Waals surface area contributed by atoms with Gasteiger partial charge in [0.05, 0.1) is 6.10 Å². The summed E-state index contributed by atoms with van der Waals surface area (Å²) in [5.41, 5.74) is 0. The van der Waals surface area contributed by atoms with Crippen LogP contribution in [0, 0.1) is 0 Å². The molecule has 0 radical (unpaired) electrons. The van der Waals surface area contributed by atoms with E-state index in [1.807, 2.05) is 13.8 Å². The van der Waals surface area contributed by atoms with Crippen molar-refractivity contribution < 1.29 is 24.1 Å². The molecule has 2 aliphatic rings. The Balaban J connectivity index is 2.08. The van der Waals surface area contributed by atoms with Crippen molar-refractivity contribution >= 4 is 0 Å². The van der Waals surface area contributed by atoms with Gasteiger partial charge in [-0.2, -0.15) is 0 Å². The molecule has 2 heterocycles. The first-order valence-electron chi connectivity index (χ1n) is 5.22. The highest BCUT2D eigenvalue weighted by Gasteiger charge is 2.55. The lowest BCUT2D eigenvalue weighted by molar-refractivity contribution is -0.228. The van der Waals surface area contributed by atoms with Gasteiger partial charge >= 0.3 is 0 Å². The van der Waals surface area contributed by atoms with Crippen LogP contribution in [0.25, 0.3) is 0 Å². The molecule has 0 aromatic carbocycles. The van der Waals surface area contributed by atoms with Crippen molar-refractivity contribution in [3.8, 4) is 0 Å². The molecule has 0 aromatic heterocycles. The minimum atomic E-state index is -0.594. The number of rotatable bonds is 3. The Hall–Kier alpha value is -0.200. The third-order valence-corrected chi connectivity index (χ3v) is 2.75. The molecule has 2 fully saturated rings. The lowest BCUT2D eigenvalue weighted by Gasteiger charge is -2.23. The number of aliphatic hydroxyl groups is 1. The van der Waals surface area contributed by atoms with Crippen molar-refractivity contribution in [3.05, 3.63) is 0 Å². The van der Waals surface area contributed by atoms with E-state index in [1.165, 1.54) is 0 Å². The summed E-state index contributed by atoms with van der Waals surface area (Å²) < 4.78 is 22.2. The molecule has 2 aliphatic heterocycles. The first kappa shape index (κ1) is 11.3. The average Bonchev–Trinajstić information content (AvgIpc) is 2.61. The third kappa shape index (κ3) is 2.03. The fraction of sp³-hybridized carbons (Fsp3) is 1.00. The van der Waals surface area contributed by atoms with Crippen LogP contribution in [0.1, 0.15) is 20.3 Å². The zero-order chi connectivity index (χ0) is 11.1. The molecule has 2 rings (SSSR count). The molecule has 0 spiro atoms. The lowest BCUT2D eigenvalue weighted by Crippen LogP contribution is -2.30. The predicted molar refractivity (Wildman–Crippen MR) is 51.2 cm³/mol. The zero-order valence-corrected chi connectivity index (χ0v) is 9.30. The van der Waals surface area contributed by atoms with E-state index < -0.39 is 12.1 Å². The maximum absolute atomic E-state index is 8.92. The Morgan fingerprint density at radius 3 is 2.53 bits per heavy atom.